The second-order valence-electron chi connectivity index (χ2n) is 6.64. The van der Waals surface area contributed by atoms with Crippen LogP contribution < -0.4 is 19.5 Å². The number of benzene rings is 2. The fourth-order valence-corrected chi connectivity index (χ4v) is 3.64. The number of methoxy groups -OCH3 is 1. The molecular weight excluding hydrogens is 503 g/mol. The first-order valence-corrected chi connectivity index (χ1v) is 11.3. The highest BCUT2D eigenvalue weighted by Gasteiger charge is 2.15. The predicted octanol–water partition coefficient (Wildman–Crippen LogP) is 6.30. The molecule has 31 heavy (non-hydrogen) atoms. The molecule has 0 amide bonds. The number of halogens is 3. The summed E-state index contributed by atoms with van der Waals surface area (Å²) in [5.41, 5.74) is 1.90. The van der Waals surface area contributed by atoms with Crippen molar-refractivity contribution < 1.29 is 14.2 Å². The minimum Gasteiger partial charge on any atom is -0.493 e. The number of aromatic nitrogens is 1. The second-order valence-corrected chi connectivity index (χ2v) is 8.31. The highest BCUT2D eigenvalue weighted by atomic mass is 79.9. The first-order chi connectivity index (χ1) is 15.1. The molecule has 0 aliphatic rings. The van der Waals surface area contributed by atoms with Crippen LogP contribution in [-0.4, -0.2) is 25.2 Å². The minimum atomic E-state index is 0.342. The van der Waals surface area contributed by atoms with Gasteiger partial charge in [-0.15, -0.1) is 0 Å². The molecule has 1 heterocycles. The van der Waals surface area contributed by atoms with Crippen molar-refractivity contribution in [3.05, 3.63) is 80.4 Å². The number of rotatable bonds is 11. The van der Waals surface area contributed by atoms with Crippen molar-refractivity contribution in [3.63, 3.8) is 0 Å². The van der Waals surface area contributed by atoms with Crippen molar-refractivity contribution in [2.24, 2.45) is 0 Å². The molecule has 1 N–H and O–H groups in total. The van der Waals surface area contributed by atoms with E-state index in [1.807, 2.05) is 36.4 Å². The van der Waals surface area contributed by atoms with E-state index in [1.165, 1.54) is 0 Å². The Bertz CT molecular complexity index is 990. The quantitative estimate of drug-likeness (QED) is 0.298. The monoisotopic (exact) mass is 524 g/mol. The van der Waals surface area contributed by atoms with Gasteiger partial charge in [0.1, 0.15) is 6.61 Å². The molecule has 1 aromatic heterocycles. The van der Waals surface area contributed by atoms with Crippen LogP contribution in [0.1, 0.15) is 17.5 Å². The highest BCUT2D eigenvalue weighted by Crippen LogP contribution is 2.37. The van der Waals surface area contributed by atoms with Gasteiger partial charge in [0.15, 0.2) is 11.5 Å². The summed E-state index contributed by atoms with van der Waals surface area (Å²) in [4.78, 5) is 4.15. The molecule has 8 heteroatoms. The van der Waals surface area contributed by atoms with E-state index >= 15 is 0 Å². The standard InChI is InChI=1S/C23H23BrCl2N2O3/c1-29-21-9-7-18(24)17(14-27-10-4-12-30-22-5-2-3-11-28-22)23(21)31-15-16-6-8-19(25)20(26)13-16/h2-3,5-9,11,13,27H,4,10,12,14-15H2,1H3. The van der Waals surface area contributed by atoms with E-state index in [0.717, 1.165) is 28.6 Å². The van der Waals surface area contributed by atoms with Gasteiger partial charge in [-0.2, -0.15) is 0 Å². The number of hydrogen-bond acceptors (Lipinski definition) is 5. The number of pyridine rings is 1. The third-order valence-corrected chi connectivity index (χ3v) is 5.92. The molecule has 0 aliphatic carbocycles. The van der Waals surface area contributed by atoms with Gasteiger partial charge in [0, 0.05) is 28.8 Å². The molecule has 0 saturated carbocycles. The van der Waals surface area contributed by atoms with E-state index in [4.69, 9.17) is 37.4 Å². The van der Waals surface area contributed by atoms with Gasteiger partial charge in [0.05, 0.1) is 23.8 Å². The summed E-state index contributed by atoms with van der Waals surface area (Å²) >= 11 is 15.7. The molecular formula is C23H23BrCl2N2O3. The van der Waals surface area contributed by atoms with Crippen LogP contribution in [0.5, 0.6) is 17.4 Å². The maximum absolute atomic E-state index is 6.13. The summed E-state index contributed by atoms with van der Waals surface area (Å²) in [6.45, 7) is 2.32. The van der Waals surface area contributed by atoms with Gasteiger partial charge < -0.3 is 19.5 Å². The van der Waals surface area contributed by atoms with Crippen LogP contribution in [0.15, 0.2) is 59.2 Å². The lowest BCUT2D eigenvalue weighted by atomic mass is 10.1. The van der Waals surface area contributed by atoms with Gasteiger partial charge in [0.25, 0.3) is 0 Å². The van der Waals surface area contributed by atoms with Gasteiger partial charge in [0.2, 0.25) is 5.88 Å². The molecule has 0 bridgehead atoms. The molecule has 3 rings (SSSR count). The number of ether oxygens (including phenoxy) is 3. The van der Waals surface area contributed by atoms with Crippen molar-refractivity contribution in [1.29, 1.82) is 0 Å². The topological polar surface area (TPSA) is 52.6 Å². The van der Waals surface area contributed by atoms with E-state index in [2.05, 4.69) is 26.2 Å². The lowest BCUT2D eigenvalue weighted by Gasteiger charge is -2.17. The van der Waals surface area contributed by atoms with Gasteiger partial charge in [-0.05, 0) is 48.9 Å². The van der Waals surface area contributed by atoms with Gasteiger partial charge in [-0.25, -0.2) is 4.98 Å². The van der Waals surface area contributed by atoms with E-state index in [0.29, 0.717) is 47.2 Å². The second kappa shape index (κ2) is 12.2. The van der Waals surface area contributed by atoms with Crippen molar-refractivity contribution in [2.75, 3.05) is 20.3 Å². The summed E-state index contributed by atoms with van der Waals surface area (Å²) in [6, 6.07) is 14.9. The Balaban J connectivity index is 1.57. The van der Waals surface area contributed by atoms with Crippen LogP contribution >= 0.6 is 39.1 Å². The number of hydrogen-bond donors (Lipinski definition) is 1. The smallest absolute Gasteiger partial charge is 0.213 e. The maximum Gasteiger partial charge on any atom is 0.213 e. The van der Waals surface area contributed by atoms with Gasteiger partial charge >= 0.3 is 0 Å². The maximum atomic E-state index is 6.13. The highest BCUT2D eigenvalue weighted by molar-refractivity contribution is 9.10. The molecule has 5 nitrogen and oxygen atoms in total. The average molecular weight is 526 g/mol. The molecule has 0 radical (unpaired) electrons. The van der Waals surface area contributed by atoms with E-state index in [-0.39, 0.29) is 0 Å². The van der Waals surface area contributed by atoms with Crippen LogP contribution in [-0.2, 0) is 13.2 Å². The molecule has 0 fully saturated rings. The van der Waals surface area contributed by atoms with Crippen molar-refractivity contribution in [3.8, 4) is 17.4 Å². The average Bonchev–Trinajstić information content (AvgIpc) is 2.78. The van der Waals surface area contributed by atoms with Crippen LogP contribution in [0.3, 0.4) is 0 Å². The number of nitrogens with zero attached hydrogens (tertiary/aromatic N) is 1. The Morgan fingerprint density at radius 3 is 2.65 bits per heavy atom. The zero-order chi connectivity index (χ0) is 22.1. The summed E-state index contributed by atoms with van der Waals surface area (Å²) in [6.07, 6.45) is 2.56. The van der Waals surface area contributed by atoms with E-state index in [1.54, 1.807) is 25.4 Å². The molecule has 0 atom stereocenters. The molecule has 164 valence electrons. The Morgan fingerprint density at radius 2 is 1.90 bits per heavy atom. The fourth-order valence-electron chi connectivity index (χ4n) is 2.87. The Morgan fingerprint density at radius 1 is 1.03 bits per heavy atom. The Hall–Kier alpha value is -1.99. The van der Waals surface area contributed by atoms with E-state index < -0.39 is 0 Å². The number of nitrogens with one attached hydrogen (secondary N) is 1. The van der Waals surface area contributed by atoms with Crippen molar-refractivity contribution in [1.82, 2.24) is 10.3 Å². The molecule has 2 aromatic carbocycles. The molecule has 0 spiro atoms. The fraction of sp³-hybridized carbons (Fsp3) is 0.261. The zero-order valence-corrected chi connectivity index (χ0v) is 20.1. The molecule has 0 saturated heterocycles. The van der Waals surface area contributed by atoms with Crippen LogP contribution in [0.2, 0.25) is 10.0 Å². The van der Waals surface area contributed by atoms with Crippen LogP contribution in [0, 0.1) is 0 Å². The normalized spacial score (nSPS) is 10.7. The first kappa shape index (κ1) is 23.7. The predicted molar refractivity (Wildman–Crippen MR) is 128 cm³/mol. The third-order valence-electron chi connectivity index (χ3n) is 4.44. The summed E-state index contributed by atoms with van der Waals surface area (Å²) in [7, 11) is 1.63. The van der Waals surface area contributed by atoms with Gasteiger partial charge in [-0.1, -0.05) is 51.3 Å². The van der Waals surface area contributed by atoms with Crippen molar-refractivity contribution in [2.45, 2.75) is 19.6 Å². The SMILES string of the molecule is COc1ccc(Br)c(CNCCCOc2ccccn2)c1OCc1ccc(Cl)c(Cl)c1. The summed E-state index contributed by atoms with van der Waals surface area (Å²) in [5, 5.41) is 4.45. The zero-order valence-electron chi connectivity index (χ0n) is 17.0. The summed E-state index contributed by atoms with van der Waals surface area (Å²) in [5.74, 6) is 1.98. The summed E-state index contributed by atoms with van der Waals surface area (Å²) < 4.78 is 18.2. The lowest BCUT2D eigenvalue weighted by molar-refractivity contribution is 0.279. The molecule has 0 aliphatic heterocycles. The van der Waals surface area contributed by atoms with Crippen LogP contribution in [0.25, 0.3) is 0 Å². The Kier molecular flexibility index (Phi) is 9.28. The van der Waals surface area contributed by atoms with Gasteiger partial charge in [-0.3, -0.25) is 0 Å². The third kappa shape index (κ3) is 7.01. The lowest BCUT2D eigenvalue weighted by Crippen LogP contribution is -2.18. The first-order valence-electron chi connectivity index (χ1n) is 9.75. The Labute approximate surface area is 200 Å². The van der Waals surface area contributed by atoms with Crippen LogP contribution in [0.4, 0.5) is 0 Å². The largest absolute Gasteiger partial charge is 0.493 e. The van der Waals surface area contributed by atoms with Crippen molar-refractivity contribution >= 4 is 39.1 Å². The molecule has 0 unspecified atom stereocenters. The van der Waals surface area contributed by atoms with E-state index in [9.17, 15) is 0 Å². The molecule has 3 aromatic rings. The minimum absolute atomic E-state index is 0.342.